The van der Waals surface area contributed by atoms with Gasteiger partial charge in [-0.25, -0.2) is 0 Å². The van der Waals surface area contributed by atoms with Crippen molar-refractivity contribution in [3.63, 3.8) is 0 Å². The topological polar surface area (TPSA) is 54.4 Å². The van der Waals surface area contributed by atoms with Crippen LogP contribution in [0.15, 0.2) is 0 Å². The third-order valence-corrected chi connectivity index (χ3v) is 4.95. The monoisotopic (exact) mass is 306 g/mol. The Kier molecular flexibility index (Phi) is 10.6. The van der Waals surface area contributed by atoms with E-state index in [1.807, 2.05) is 0 Å². The molecule has 122 valence electrons. The molecule has 4 heteroatoms. The Hall–Kier alpha value is -0.0900. The Labute approximate surface area is 126 Å². The van der Waals surface area contributed by atoms with Crippen molar-refractivity contribution in [1.82, 2.24) is 0 Å². The van der Waals surface area contributed by atoms with Crippen molar-refractivity contribution in [3.8, 4) is 0 Å². The highest BCUT2D eigenvalue weighted by Gasteiger charge is 2.25. The van der Waals surface area contributed by atoms with Gasteiger partial charge in [-0.2, -0.15) is 8.42 Å². The quantitative estimate of drug-likeness (QED) is 0.375. The molecule has 20 heavy (non-hydrogen) atoms. The molecule has 0 saturated heterocycles. The molecule has 0 rings (SSSR count). The fourth-order valence-electron chi connectivity index (χ4n) is 2.71. The van der Waals surface area contributed by atoms with E-state index in [0.29, 0.717) is 6.42 Å². The minimum Gasteiger partial charge on any atom is -0.286 e. The van der Waals surface area contributed by atoms with Gasteiger partial charge in [0.2, 0.25) is 0 Å². The van der Waals surface area contributed by atoms with E-state index in [4.69, 9.17) is 4.55 Å². The largest absolute Gasteiger partial charge is 0.286 e. The Morgan fingerprint density at radius 2 is 1.25 bits per heavy atom. The van der Waals surface area contributed by atoms with Crippen molar-refractivity contribution in [2.75, 3.05) is 5.75 Å². The van der Waals surface area contributed by atoms with Gasteiger partial charge in [0, 0.05) is 0 Å². The fraction of sp³-hybridized carbons (Fsp3) is 1.00. The Morgan fingerprint density at radius 3 is 1.60 bits per heavy atom. The van der Waals surface area contributed by atoms with Crippen molar-refractivity contribution in [2.45, 2.75) is 91.4 Å². The molecule has 0 aliphatic rings. The molecule has 3 nitrogen and oxygen atoms in total. The third-order valence-electron chi connectivity index (χ3n) is 4.23. The summed E-state index contributed by atoms with van der Waals surface area (Å²) in [5.41, 5.74) is 0.0667. The van der Waals surface area contributed by atoms with Gasteiger partial charge in [0.25, 0.3) is 10.1 Å². The molecule has 1 N–H and O–H groups in total. The molecule has 0 fully saturated rings. The van der Waals surface area contributed by atoms with Gasteiger partial charge >= 0.3 is 0 Å². The molecule has 0 radical (unpaired) electrons. The molecule has 0 aromatic rings. The average Bonchev–Trinajstić information content (AvgIpc) is 2.37. The zero-order valence-corrected chi connectivity index (χ0v) is 14.5. The molecule has 0 aromatic heterocycles. The lowest BCUT2D eigenvalue weighted by atomic mass is 9.77. The molecule has 0 spiro atoms. The molecule has 0 amide bonds. The molecular weight excluding hydrogens is 272 g/mol. The van der Waals surface area contributed by atoms with E-state index < -0.39 is 10.1 Å². The van der Waals surface area contributed by atoms with Gasteiger partial charge in [0.05, 0.1) is 5.75 Å². The van der Waals surface area contributed by atoms with Crippen molar-refractivity contribution < 1.29 is 13.0 Å². The van der Waals surface area contributed by atoms with Crippen LogP contribution in [0.5, 0.6) is 0 Å². The van der Waals surface area contributed by atoms with Gasteiger partial charge in [0.1, 0.15) is 0 Å². The second kappa shape index (κ2) is 10.6. The van der Waals surface area contributed by atoms with E-state index in [-0.39, 0.29) is 11.2 Å². The summed E-state index contributed by atoms with van der Waals surface area (Å²) in [4.78, 5) is 0. The summed E-state index contributed by atoms with van der Waals surface area (Å²) in [7, 11) is -3.83. The van der Waals surface area contributed by atoms with Crippen LogP contribution in [-0.4, -0.2) is 18.7 Å². The van der Waals surface area contributed by atoms with Crippen LogP contribution in [0.2, 0.25) is 0 Å². The van der Waals surface area contributed by atoms with E-state index in [9.17, 15) is 8.42 Å². The Balaban J connectivity index is 4.26. The maximum atomic E-state index is 11.0. The van der Waals surface area contributed by atoms with Crippen molar-refractivity contribution in [2.24, 2.45) is 5.41 Å². The highest BCUT2D eigenvalue weighted by molar-refractivity contribution is 7.85. The maximum Gasteiger partial charge on any atom is 0.264 e. The van der Waals surface area contributed by atoms with Crippen LogP contribution >= 0.6 is 0 Å². The lowest BCUT2D eigenvalue weighted by Crippen LogP contribution is -2.21. The average molecular weight is 307 g/mol. The van der Waals surface area contributed by atoms with Crippen LogP contribution in [0, 0.1) is 5.41 Å². The summed E-state index contributed by atoms with van der Waals surface area (Å²) >= 11 is 0. The summed E-state index contributed by atoms with van der Waals surface area (Å²) in [5, 5.41) is 0. The van der Waals surface area contributed by atoms with Crippen molar-refractivity contribution in [3.05, 3.63) is 0 Å². The highest BCUT2D eigenvalue weighted by atomic mass is 32.2. The summed E-state index contributed by atoms with van der Waals surface area (Å²) in [6.07, 6.45) is 12.5. The minimum atomic E-state index is -3.83. The predicted molar refractivity (Wildman–Crippen MR) is 86.7 cm³/mol. The van der Waals surface area contributed by atoms with Gasteiger partial charge in [0.15, 0.2) is 0 Å². The summed E-state index contributed by atoms with van der Waals surface area (Å²) in [5.74, 6) is -0.0922. The van der Waals surface area contributed by atoms with Crippen molar-refractivity contribution >= 4 is 10.1 Å². The van der Waals surface area contributed by atoms with Crippen LogP contribution in [0.1, 0.15) is 91.4 Å². The molecule has 0 unspecified atom stereocenters. The minimum absolute atomic E-state index is 0.0667. The molecule has 0 saturated carbocycles. The normalized spacial score (nSPS) is 12.8. The van der Waals surface area contributed by atoms with Gasteiger partial charge in [-0.05, 0) is 24.7 Å². The second-order valence-corrected chi connectivity index (χ2v) is 8.04. The molecule has 0 aliphatic heterocycles. The van der Waals surface area contributed by atoms with Crippen LogP contribution in [0.4, 0.5) is 0 Å². The third kappa shape index (κ3) is 11.7. The molecule has 0 bridgehead atoms. The maximum absolute atomic E-state index is 11.0. The first-order valence-electron chi connectivity index (χ1n) is 8.28. The zero-order valence-electron chi connectivity index (χ0n) is 13.7. The number of hydrogen-bond acceptors (Lipinski definition) is 2. The van der Waals surface area contributed by atoms with E-state index >= 15 is 0 Å². The predicted octanol–water partition coefficient (Wildman–Crippen LogP) is 5.21. The second-order valence-electron chi connectivity index (χ2n) is 6.47. The summed E-state index contributed by atoms with van der Waals surface area (Å²) in [6, 6.07) is 0. The van der Waals surface area contributed by atoms with Crippen LogP contribution in [0.25, 0.3) is 0 Å². The molecule has 0 aromatic carbocycles. The van der Waals surface area contributed by atoms with E-state index in [1.54, 1.807) is 0 Å². The number of unbranched alkanes of at least 4 members (excludes halogenated alkanes) is 6. The Morgan fingerprint density at radius 1 is 0.800 bits per heavy atom. The van der Waals surface area contributed by atoms with Crippen LogP contribution < -0.4 is 0 Å². The smallest absolute Gasteiger partial charge is 0.264 e. The zero-order chi connectivity index (χ0) is 15.5. The SMILES string of the molecule is CCCCCCC(C)(CCCCCC)CCS(=O)(=O)O. The van der Waals surface area contributed by atoms with E-state index in [1.165, 1.54) is 51.4 Å². The first-order chi connectivity index (χ1) is 9.33. The number of hydrogen-bond donors (Lipinski definition) is 1. The first-order valence-corrected chi connectivity index (χ1v) is 9.89. The van der Waals surface area contributed by atoms with Crippen molar-refractivity contribution in [1.29, 1.82) is 0 Å². The summed E-state index contributed by atoms with van der Waals surface area (Å²) in [6.45, 7) is 6.58. The molecule has 0 aliphatic carbocycles. The molecule has 0 atom stereocenters. The van der Waals surface area contributed by atoms with Crippen LogP contribution in [-0.2, 0) is 10.1 Å². The van der Waals surface area contributed by atoms with Gasteiger partial charge in [-0.15, -0.1) is 0 Å². The molecular formula is C16H34O3S. The van der Waals surface area contributed by atoms with Crippen LogP contribution in [0.3, 0.4) is 0 Å². The first kappa shape index (κ1) is 19.9. The van der Waals surface area contributed by atoms with Gasteiger partial charge < -0.3 is 0 Å². The molecule has 0 heterocycles. The Bertz CT molecular complexity index is 311. The lowest BCUT2D eigenvalue weighted by molar-refractivity contribution is 0.240. The number of rotatable bonds is 13. The summed E-state index contributed by atoms with van der Waals surface area (Å²) < 4.78 is 30.9. The highest BCUT2D eigenvalue weighted by Crippen LogP contribution is 2.35. The standard InChI is InChI=1S/C16H34O3S/c1-4-6-8-10-12-16(3,13-11-9-7-5-2)14-15-20(17,18)19/h4-15H2,1-3H3,(H,17,18,19). The van der Waals surface area contributed by atoms with E-state index in [0.717, 1.165) is 12.8 Å². The lowest BCUT2D eigenvalue weighted by Gasteiger charge is -2.29. The van der Waals surface area contributed by atoms with Gasteiger partial charge in [-0.3, -0.25) is 4.55 Å². The fourth-order valence-corrected chi connectivity index (χ4v) is 3.46. The van der Waals surface area contributed by atoms with E-state index in [2.05, 4.69) is 20.8 Å². The van der Waals surface area contributed by atoms with Gasteiger partial charge in [-0.1, -0.05) is 72.1 Å².